The second-order valence-electron chi connectivity index (χ2n) is 2.55. The minimum absolute atomic E-state index is 0. The summed E-state index contributed by atoms with van der Waals surface area (Å²) in [6, 6.07) is 7.32. The second kappa shape index (κ2) is 6.40. The van der Waals surface area contributed by atoms with E-state index in [9.17, 15) is 0 Å². The predicted molar refractivity (Wildman–Crippen MR) is 63.1 cm³/mol. The molecule has 0 spiro atoms. The molecule has 1 rings (SSSR count). The Balaban J connectivity index is 0.00000169. The van der Waals surface area contributed by atoms with Gasteiger partial charge in [0.2, 0.25) is 0 Å². The minimum atomic E-state index is 0. The molecule has 0 heterocycles. The Bertz CT molecular complexity index is 337. The number of benzene rings is 1. The number of hydrogen-bond donors (Lipinski definition) is 2. The first-order valence-corrected chi connectivity index (χ1v) is 4.14. The van der Waals surface area contributed by atoms with Gasteiger partial charge in [-0.25, -0.2) is 0 Å². The van der Waals surface area contributed by atoms with Gasteiger partial charge in [-0.15, -0.1) is 12.4 Å². The molecule has 0 aliphatic carbocycles. The summed E-state index contributed by atoms with van der Waals surface area (Å²) >= 11 is 5.76. The van der Waals surface area contributed by atoms with Crippen LogP contribution in [0.25, 0.3) is 0 Å². The van der Waals surface area contributed by atoms with Crippen LogP contribution in [0.4, 0.5) is 0 Å². The lowest BCUT2D eigenvalue weighted by Crippen LogP contribution is -2.12. The summed E-state index contributed by atoms with van der Waals surface area (Å²) in [5.74, 6) is 0.0540. The lowest BCUT2D eigenvalue weighted by atomic mass is 10.2. The molecule has 0 unspecified atom stereocenters. The molecule has 3 nitrogen and oxygen atoms in total. The molecule has 76 valence electrons. The average Bonchev–Trinajstić information content (AvgIpc) is 2.03. The third-order valence-corrected chi connectivity index (χ3v) is 1.59. The Hall–Kier alpha value is -1.06. The predicted octanol–water partition coefficient (Wildman–Crippen LogP) is 2.12. The Morgan fingerprint density at radius 2 is 2.29 bits per heavy atom. The van der Waals surface area contributed by atoms with E-state index in [-0.39, 0.29) is 24.8 Å². The maximum atomic E-state index is 6.94. The number of halogens is 2. The van der Waals surface area contributed by atoms with E-state index in [0.717, 1.165) is 5.56 Å². The standard InChI is InChI=1S/C9H10ClN3.ClH/c10-8-3-1-2-7(4-8)5-13-6-9(11)12;/h1-5H,6H2,(H3,11,12);1H. The lowest BCUT2D eigenvalue weighted by molar-refractivity contribution is 1.24. The number of rotatable bonds is 3. The molecule has 3 N–H and O–H groups in total. The van der Waals surface area contributed by atoms with Crippen LogP contribution in [0.2, 0.25) is 5.02 Å². The van der Waals surface area contributed by atoms with Crippen molar-refractivity contribution in [1.29, 1.82) is 5.41 Å². The molecule has 0 bridgehead atoms. The number of nitrogens with zero attached hydrogens (tertiary/aromatic N) is 1. The number of hydrogen-bond acceptors (Lipinski definition) is 2. The SMILES string of the molecule is Cl.N=C(N)CN=Cc1cccc(Cl)c1. The summed E-state index contributed by atoms with van der Waals surface area (Å²) in [5, 5.41) is 7.61. The van der Waals surface area contributed by atoms with Crippen LogP contribution in [0.5, 0.6) is 0 Å². The largest absolute Gasteiger partial charge is 0.386 e. The zero-order chi connectivity index (χ0) is 9.68. The van der Waals surface area contributed by atoms with Gasteiger partial charge < -0.3 is 5.73 Å². The number of aliphatic imine (C=N–C) groups is 1. The molecule has 0 aromatic heterocycles. The van der Waals surface area contributed by atoms with Gasteiger partial charge in [0.1, 0.15) is 5.84 Å². The van der Waals surface area contributed by atoms with Crippen molar-refractivity contribution >= 4 is 36.1 Å². The van der Waals surface area contributed by atoms with Gasteiger partial charge in [0.25, 0.3) is 0 Å². The Morgan fingerprint density at radius 3 is 2.86 bits per heavy atom. The van der Waals surface area contributed by atoms with E-state index < -0.39 is 0 Å². The normalized spacial score (nSPS) is 9.79. The van der Waals surface area contributed by atoms with E-state index >= 15 is 0 Å². The molecular weight excluding hydrogens is 221 g/mol. The molecule has 0 amide bonds. The van der Waals surface area contributed by atoms with Crippen LogP contribution in [0.15, 0.2) is 29.3 Å². The third kappa shape index (κ3) is 4.84. The van der Waals surface area contributed by atoms with Crippen molar-refractivity contribution in [3.63, 3.8) is 0 Å². The molecule has 0 radical (unpaired) electrons. The highest BCUT2D eigenvalue weighted by molar-refractivity contribution is 6.30. The molecular formula is C9H11Cl2N3. The Morgan fingerprint density at radius 1 is 1.57 bits per heavy atom. The number of nitrogens with one attached hydrogen (secondary N) is 1. The maximum absolute atomic E-state index is 6.94. The second-order valence-corrected chi connectivity index (χ2v) is 2.99. The molecule has 5 heteroatoms. The van der Waals surface area contributed by atoms with E-state index in [1.165, 1.54) is 0 Å². The zero-order valence-electron chi connectivity index (χ0n) is 7.40. The summed E-state index contributed by atoms with van der Waals surface area (Å²) in [6.07, 6.45) is 1.65. The van der Waals surface area contributed by atoms with Crippen molar-refractivity contribution in [2.45, 2.75) is 0 Å². The Labute approximate surface area is 93.9 Å². The molecule has 0 atom stereocenters. The van der Waals surface area contributed by atoms with Crippen molar-refractivity contribution < 1.29 is 0 Å². The first-order chi connectivity index (χ1) is 6.18. The molecule has 0 saturated carbocycles. The van der Waals surface area contributed by atoms with Crippen molar-refractivity contribution in [3.05, 3.63) is 34.9 Å². The van der Waals surface area contributed by atoms with Crippen LogP contribution in [-0.4, -0.2) is 18.6 Å². The summed E-state index contributed by atoms with van der Waals surface area (Å²) in [5.41, 5.74) is 6.04. The molecule has 0 aliphatic heterocycles. The fourth-order valence-electron chi connectivity index (χ4n) is 0.836. The van der Waals surface area contributed by atoms with E-state index in [4.69, 9.17) is 22.7 Å². The fraction of sp³-hybridized carbons (Fsp3) is 0.111. The quantitative estimate of drug-likeness (QED) is 0.608. The molecule has 14 heavy (non-hydrogen) atoms. The summed E-state index contributed by atoms with van der Waals surface area (Å²) in [6.45, 7) is 0.229. The number of nitrogens with two attached hydrogens (primary N) is 1. The van der Waals surface area contributed by atoms with Gasteiger partial charge in [0.05, 0.1) is 6.54 Å². The van der Waals surface area contributed by atoms with Gasteiger partial charge in [0.15, 0.2) is 0 Å². The highest BCUT2D eigenvalue weighted by Crippen LogP contribution is 2.08. The van der Waals surface area contributed by atoms with Crippen LogP contribution in [-0.2, 0) is 0 Å². The lowest BCUT2D eigenvalue weighted by Gasteiger charge is -1.93. The highest BCUT2D eigenvalue weighted by Gasteiger charge is 1.89. The average molecular weight is 232 g/mol. The molecule has 0 fully saturated rings. The van der Waals surface area contributed by atoms with Gasteiger partial charge in [-0.2, -0.15) is 0 Å². The smallest absolute Gasteiger partial charge is 0.113 e. The van der Waals surface area contributed by atoms with Gasteiger partial charge in [-0.3, -0.25) is 10.4 Å². The van der Waals surface area contributed by atoms with E-state index in [2.05, 4.69) is 4.99 Å². The summed E-state index contributed by atoms with van der Waals surface area (Å²) in [4.78, 5) is 3.95. The summed E-state index contributed by atoms with van der Waals surface area (Å²) < 4.78 is 0. The maximum Gasteiger partial charge on any atom is 0.113 e. The van der Waals surface area contributed by atoms with Crippen LogP contribution in [0, 0.1) is 5.41 Å². The van der Waals surface area contributed by atoms with E-state index in [1.807, 2.05) is 12.1 Å². The van der Waals surface area contributed by atoms with Crippen molar-refractivity contribution in [3.8, 4) is 0 Å². The van der Waals surface area contributed by atoms with Gasteiger partial charge >= 0.3 is 0 Å². The number of amidine groups is 1. The first kappa shape index (κ1) is 12.9. The van der Waals surface area contributed by atoms with Gasteiger partial charge in [0, 0.05) is 11.2 Å². The van der Waals surface area contributed by atoms with Crippen molar-refractivity contribution in [1.82, 2.24) is 0 Å². The monoisotopic (exact) mass is 231 g/mol. The van der Waals surface area contributed by atoms with Gasteiger partial charge in [-0.05, 0) is 17.7 Å². The van der Waals surface area contributed by atoms with Gasteiger partial charge in [-0.1, -0.05) is 23.7 Å². The third-order valence-electron chi connectivity index (χ3n) is 1.35. The topological polar surface area (TPSA) is 62.2 Å². The van der Waals surface area contributed by atoms with Crippen molar-refractivity contribution in [2.75, 3.05) is 6.54 Å². The van der Waals surface area contributed by atoms with Crippen molar-refractivity contribution in [2.24, 2.45) is 10.7 Å². The molecule has 0 saturated heterocycles. The first-order valence-electron chi connectivity index (χ1n) is 3.77. The van der Waals surface area contributed by atoms with E-state index in [0.29, 0.717) is 5.02 Å². The Kier molecular flexibility index (Phi) is 5.92. The van der Waals surface area contributed by atoms with Crippen LogP contribution >= 0.6 is 24.0 Å². The van der Waals surface area contributed by atoms with Crippen LogP contribution < -0.4 is 5.73 Å². The zero-order valence-corrected chi connectivity index (χ0v) is 8.98. The van der Waals surface area contributed by atoms with Crippen LogP contribution in [0.3, 0.4) is 0 Å². The van der Waals surface area contributed by atoms with E-state index in [1.54, 1.807) is 18.3 Å². The summed E-state index contributed by atoms with van der Waals surface area (Å²) in [7, 11) is 0. The minimum Gasteiger partial charge on any atom is -0.386 e. The molecule has 0 aliphatic rings. The molecule has 1 aromatic carbocycles. The van der Waals surface area contributed by atoms with Crippen LogP contribution in [0.1, 0.15) is 5.56 Å². The fourth-order valence-corrected chi connectivity index (χ4v) is 1.04. The molecule has 1 aromatic rings. The highest BCUT2D eigenvalue weighted by atomic mass is 35.5.